The zero-order valence-electron chi connectivity index (χ0n) is 30.7. The summed E-state index contributed by atoms with van der Waals surface area (Å²) in [5, 5.41) is 38.8. The van der Waals surface area contributed by atoms with Crippen LogP contribution in [0.4, 0.5) is 0 Å². The summed E-state index contributed by atoms with van der Waals surface area (Å²) < 4.78 is 10.7. The highest BCUT2D eigenvalue weighted by Crippen LogP contribution is 2.32. The number of benzene rings is 6. The van der Waals surface area contributed by atoms with Gasteiger partial charge in [-0.05, 0) is 97.4 Å². The van der Waals surface area contributed by atoms with Crippen LogP contribution in [0.25, 0.3) is 33.4 Å². The molecule has 12 nitrogen and oxygen atoms in total. The average Bonchev–Trinajstić information content (AvgIpc) is 3.86. The molecule has 8 aromatic rings. The highest BCUT2D eigenvalue weighted by Gasteiger charge is 2.25. The first-order valence-corrected chi connectivity index (χ1v) is 20.0. The van der Waals surface area contributed by atoms with E-state index in [2.05, 4.69) is 36.3 Å². The van der Waals surface area contributed by atoms with Gasteiger partial charge in [-0.1, -0.05) is 126 Å². The topological polar surface area (TPSA) is 154 Å². The molecule has 0 saturated heterocycles. The number of aromatic hydroxyl groups is 1. The second-order valence-corrected chi connectivity index (χ2v) is 14.9. The van der Waals surface area contributed by atoms with E-state index in [0.717, 1.165) is 16.6 Å². The third kappa shape index (κ3) is 12.4. The van der Waals surface area contributed by atoms with Gasteiger partial charge in [-0.25, -0.2) is 4.79 Å². The Morgan fingerprint density at radius 1 is 0.623 bits per heavy atom. The number of hydrogen-bond acceptors (Lipinski definition) is 9. The number of phenols is 1. The van der Waals surface area contributed by atoms with E-state index >= 15 is 0 Å². The number of aromatic nitrogens is 6. The van der Waals surface area contributed by atoms with Crippen LogP contribution in [0.3, 0.4) is 0 Å². The minimum atomic E-state index is -1.26. The summed E-state index contributed by atoms with van der Waals surface area (Å²) in [6, 6.07) is 38.1. The van der Waals surface area contributed by atoms with Crippen LogP contribution in [0, 0.1) is 0 Å². The summed E-state index contributed by atoms with van der Waals surface area (Å²) in [5.41, 5.74) is 5.04. The van der Waals surface area contributed by atoms with Crippen LogP contribution in [0.15, 0.2) is 133 Å². The second kappa shape index (κ2) is 22.2. The molecule has 2 aromatic heterocycles. The number of nitrogens with zero attached hydrogens (tertiary/aromatic N) is 6. The Balaban J connectivity index is 0.000000214. The second-order valence-electron chi connectivity index (χ2n) is 12.3. The predicted octanol–water partition coefficient (Wildman–Crippen LogP) is 12.3. The van der Waals surface area contributed by atoms with Crippen LogP contribution in [0.1, 0.15) is 43.8 Å². The molecular weight excluding hydrogens is 930 g/mol. The largest absolute Gasteiger partial charge is 0.506 e. The van der Waals surface area contributed by atoms with Crippen LogP contribution in [0.2, 0.25) is 20.1 Å². The number of phenolic OH excluding ortho intramolecular Hbond substituents is 1. The zero-order chi connectivity index (χ0) is 42.1. The molecule has 2 N–H and O–H groups in total. The lowest BCUT2D eigenvalue weighted by molar-refractivity contribution is -0.145. The van der Waals surface area contributed by atoms with Crippen molar-refractivity contribution in [3.63, 3.8) is 0 Å². The van der Waals surface area contributed by atoms with Crippen molar-refractivity contribution in [2.75, 3.05) is 6.61 Å². The molecule has 0 aliphatic rings. The van der Waals surface area contributed by atoms with Gasteiger partial charge in [0.15, 0.2) is 0 Å². The fraction of sp³-hybridized carbons (Fsp3) is 0.136. The maximum Gasteiger partial charge on any atom is 0.349 e. The predicted molar refractivity (Wildman–Crippen MR) is 245 cm³/mol. The van der Waals surface area contributed by atoms with Crippen molar-refractivity contribution in [1.82, 2.24) is 30.0 Å². The number of ether oxygens (including phenoxy) is 2. The standard InChI is InChI=1S/C20H13Cl2N3O3.C12H8ClN3O.C10H10BrClO2.2CH4/c21-13-5-3-4-12(10-13)19(20(26)27)28-18-9-8-14(22)11-17(18)25-23-15-6-1-2-7-16(15)24-25;13-8-5-6-12(17)11(7-8)16-14-9-3-1-2-4-10(9)15-16;1-2-14-10(13)9(11)7-4-3-5-8(12)6-7;;/h1-11,19H,(H,26,27);1-7,17H;3-6,9H,2H2,1H3;2*1H4. The smallest absolute Gasteiger partial charge is 0.349 e. The fourth-order valence-corrected chi connectivity index (χ4v) is 6.56. The van der Waals surface area contributed by atoms with Gasteiger partial charge in [-0.2, -0.15) is 0 Å². The highest BCUT2D eigenvalue weighted by atomic mass is 79.9. The number of carbonyl (C=O) groups excluding carboxylic acids is 1. The Bertz CT molecular complexity index is 2680. The molecule has 0 fully saturated rings. The number of carboxylic acids is 1. The number of carboxylic acid groups (broad SMARTS) is 1. The lowest BCUT2D eigenvalue weighted by Crippen LogP contribution is -2.19. The summed E-state index contributed by atoms with van der Waals surface area (Å²) >= 11 is 27.1. The highest BCUT2D eigenvalue weighted by molar-refractivity contribution is 9.09. The monoisotopic (exact) mass is 966 g/mol. The van der Waals surface area contributed by atoms with Crippen LogP contribution in [-0.2, 0) is 14.3 Å². The first-order valence-electron chi connectivity index (χ1n) is 17.5. The van der Waals surface area contributed by atoms with E-state index < -0.39 is 16.9 Å². The Hall–Kier alpha value is -5.70. The molecule has 6 aromatic carbocycles. The summed E-state index contributed by atoms with van der Waals surface area (Å²) in [6.45, 7) is 2.15. The lowest BCUT2D eigenvalue weighted by atomic mass is 10.1. The number of esters is 1. The van der Waals surface area contributed by atoms with E-state index in [1.165, 1.54) is 15.7 Å². The van der Waals surface area contributed by atoms with Gasteiger partial charge in [0.1, 0.15) is 49.8 Å². The van der Waals surface area contributed by atoms with Crippen LogP contribution in [0.5, 0.6) is 11.5 Å². The normalized spacial score (nSPS) is 11.4. The molecule has 0 radical (unpaired) electrons. The zero-order valence-corrected chi connectivity index (χ0v) is 35.3. The van der Waals surface area contributed by atoms with E-state index in [9.17, 15) is 19.8 Å². The van der Waals surface area contributed by atoms with Gasteiger partial charge in [-0.15, -0.1) is 30.0 Å². The Kier molecular flexibility index (Phi) is 17.5. The van der Waals surface area contributed by atoms with E-state index in [4.69, 9.17) is 55.9 Å². The van der Waals surface area contributed by atoms with Gasteiger partial charge in [0.2, 0.25) is 6.10 Å². The molecule has 2 heterocycles. The number of rotatable bonds is 9. The van der Waals surface area contributed by atoms with Crippen molar-refractivity contribution >= 4 is 96.3 Å². The number of fused-ring (bicyclic) bond motifs is 2. The third-order valence-corrected chi connectivity index (χ3v) is 9.96. The molecular formula is C44H39BrCl4N6O6. The van der Waals surface area contributed by atoms with Gasteiger partial charge >= 0.3 is 11.9 Å². The average molecular weight is 970 g/mol. The number of hydrogen-bond donors (Lipinski definition) is 2. The molecule has 0 bridgehead atoms. The van der Waals surface area contributed by atoms with Gasteiger partial charge in [0.25, 0.3) is 0 Å². The summed E-state index contributed by atoms with van der Waals surface area (Å²) in [6.07, 6.45) is -1.26. The lowest BCUT2D eigenvalue weighted by Gasteiger charge is -2.18. The van der Waals surface area contributed by atoms with Gasteiger partial charge in [0, 0.05) is 25.7 Å². The molecule has 0 aliphatic heterocycles. The van der Waals surface area contributed by atoms with Crippen molar-refractivity contribution in [3.05, 3.63) is 165 Å². The van der Waals surface area contributed by atoms with E-state index in [-0.39, 0.29) is 32.3 Å². The van der Waals surface area contributed by atoms with E-state index in [1.54, 1.807) is 79.7 Å². The fourth-order valence-electron chi connectivity index (χ4n) is 5.41. The van der Waals surface area contributed by atoms with Crippen molar-refractivity contribution in [2.45, 2.75) is 32.7 Å². The minimum Gasteiger partial charge on any atom is -0.506 e. The van der Waals surface area contributed by atoms with Crippen LogP contribution < -0.4 is 4.74 Å². The number of carbonyl (C=O) groups is 2. The number of aliphatic carboxylic acids is 1. The molecule has 17 heteroatoms. The van der Waals surface area contributed by atoms with Crippen LogP contribution in [-0.4, -0.2) is 58.7 Å². The molecule has 0 saturated carbocycles. The van der Waals surface area contributed by atoms with Crippen LogP contribution >= 0.6 is 62.3 Å². The van der Waals surface area contributed by atoms with Crippen molar-refractivity contribution < 1.29 is 29.3 Å². The molecule has 0 amide bonds. The molecule has 0 spiro atoms. The maximum absolute atomic E-state index is 11.8. The molecule has 316 valence electrons. The van der Waals surface area contributed by atoms with Crippen molar-refractivity contribution in [1.29, 1.82) is 0 Å². The summed E-state index contributed by atoms with van der Waals surface area (Å²) in [5.74, 6) is -1.08. The SMILES string of the molecule is C.C.CCOC(=O)C(Br)c1cccc(Cl)c1.O=C(O)C(Oc1ccc(Cl)cc1-n1nc2ccccc2n1)c1cccc(Cl)c1.Oc1ccc(Cl)cc1-n1nc2ccccc2n1. The van der Waals surface area contributed by atoms with Gasteiger partial charge in [0.05, 0.1) is 6.61 Å². The van der Waals surface area contributed by atoms with Crippen molar-refractivity contribution in [2.24, 2.45) is 0 Å². The van der Waals surface area contributed by atoms with Gasteiger partial charge < -0.3 is 19.7 Å². The van der Waals surface area contributed by atoms with Gasteiger partial charge in [-0.3, -0.25) is 4.79 Å². The number of halogens is 5. The first kappa shape index (κ1) is 48.0. The molecule has 0 aliphatic carbocycles. The summed E-state index contributed by atoms with van der Waals surface area (Å²) in [4.78, 5) is 25.5. The minimum absolute atomic E-state index is 0. The maximum atomic E-state index is 11.8. The molecule has 2 unspecified atom stereocenters. The third-order valence-electron chi connectivity index (χ3n) is 8.12. The number of alkyl halides is 1. The Labute approximate surface area is 380 Å². The molecule has 61 heavy (non-hydrogen) atoms. The van der Waals surface area contributed by atoms with E-state index in [0.29, 0.717) is 54.7 Å². The Morgan fingerprint density at radius 2 is 1.07 bits per heavy atom. The molecule has 2 atom stereocenters. The molecule has 8 rings (SSSR count). The summed E-state index contributed by atoms with van der Waals surface area (Å²) in [7, 11) is 0. The Morgan fingerprint density at radius 3 is 1.56 bits per heavy atom. The van der Waals surface area contributed by atoms with Crippen molar-refractivity contribution in [3.8, 4) is 22.9 Å². The first-order chi connectivity index (χ1) is 28.4. The van der Waals surface area contributed by atoms with E-state index in [1.807, 2.05) is 54.6 Å². The quantitative estimate of drug-likeness (QED) is 0.105.